The number of hydrogen-bond donors (Lipinski definition) is 1. The number of benzene rings is 1. The summed E-state index contributed by atoms with van der Waals surface area (Å²) in [7, 11) is 1.93. The Morgan fingerprint density at radius 3 is 2.79 bits per heavy atom. The van der Waals surface area contributed by atoms with Crippen LogP contribution in [-0.4, -0.2) is 25.4 Å². The van der Waals surface area contributed by atoms with Crippen molar-refractivity contribution in [1.29, 1.82) is 0 Å². The van der Waals surface area contributed by atoms with E-state index in [9.17, 15) is 4.39 Å². The topological polar surface area (TPSA) is 30.5 Å². The summed E-state index contributed by atoms with van der Waals surface area (Å²) in [6.45, 7) is 2.09. The highest BCUT2D eigenvalue weighted by Gasteiger charge is 2.36. The van der Waals surface area contributed by atoms with Crippen molar-refractivity contribution in [3.05, 3.63) is 29.6 Å². The van der Waals surface area contributed by atoms with Crippen LogP contribution in [0.5, 0.6) is 5.75 Å². The van der Waals surface area contributed by atoms with E-state index >= 15 is 0 Å². The SMILES string of the molecule is CNC1CC(C2CCC(C)O2)Oc2cc(F)ccc21. The van der Waals surface area contributed by atoms with Crippen molar-refractivity contribution < 1.29 is 13.9 Å². The fourth-order valence-corrected chi connectivity index (χ4v) is 3.08. The summed E-state index contributed by atoms with van der Waals surface area (Å²) in [5.41, 5.74) is 1.03. The van der Waals surface area contributed by atoms with Crippen LogP contribution in [0.1, 0.15) is 37.8 Å². The summed E-state index contributed by atoms with van der Waals surface area (Å²) in [6, 6.07) is 4.97. The van der Waals surface area contributed by atoms with Crippen molar-refractivity contribution in [2.24, 2.45) is 0 Å². The van der Waals surface area contributed by atoms with E-state index in [1.165, 1.54) is 12.1 Å². The maximum atomic E-state index is 13.4. The zero-order valence-electron chi connectivity index (χ0n) is 11.4. The molecule has 0 bridgehead atoms. The molecule has 4 atom stereocenters. The standard InChI is InChI=1S/C15H20FNO2/c1-9-3-6-13(18-9)15-8-12(17-2)11-5-4-10(16)7-14(11)19-15/h4-5,7,9,12-13,15,17H,3,6,8H2,1-2H3. The molecule has 0 spiro atoms. The Morgan fingerprint density at radius 1 is 1.26 bits per heavy atom. The Bertz CT molecular complexity index is 465. The van der Waals surface area contributed by atoms with Crippen LogP contribution in [0, 0.1) is 5.82 Å². The van der Waals surface area contributed by atoms with Crippen molar-refractivity contribution in [1.82, 2.24) is 5.32 Å². The summed E-state index contributed by atoms with van der Waals surface area (Å²) in [6.07, 6.45) is 3.40. The molecular formula is C15H20FNO2. The Balaban J connectivity index is 1.84. The van der Waals surface area contributed by atoms with Crippen molar-refractivity contribution in [3.8, 4) is 5.75 Å². The first kappa shape index (κ1) is 12.9. The van der Waals surface area contributed by atoms with Gasteiger partial charge in [-0.1, -0.05) is 6.07 Å². The predicted molar refractivity (Wildman–Crippen MR) is 70.8 cm³/mol. The quantitative estimate of drug-likeness (QED) is 0.892. The van der Waals surface area contributed by atoms with Gasteiger partial charge in [-0.25, -0.2) is 4.39 Å². The van der Waals surface area contributed by atoms with Crippen molar-refractivity contribution >= 4 is 0 Å². The molecule has 1 saturated heterocycles. The molecule has 0 saturated carbocycles. The highest BCUT2D eigenvalue weighted by atomic mass is 19.1. The Kier molecular flexibility index (Phi) is 3.46. The zero-order valence-corrected chi connectivity index (χ0v) is 11.4. The molecule has 1 N–H and O–H groups in total. The molecule has 3 rings (SSSR count). The molecule has 2 heterocycles. The monoisotopic (exact) mass is 265 g/mol. The van der Waals surface area contributed by atoms with Gasteiger partial charge in [0.05, 0.1) is 12.2 Å². The van der Waals surface area contributed by atoms with Crippen molar-refractivity contribution in [2.45, 2.75) is 50.5 Å². The Labute approximate surface area is 113 Å². The van der Waals surface area contributed by atoms with Gasteiger partial charge < -0.3 is 14.8 Å². The summed E-state index contributed by atoms with van der Waals surface area (Å²) in [5.74, 6) is 0.397. The van der Waals surface area contributed by atoms with Gasteiger partial charge in [-0.3, -0.25) is 0 Å². The summed E-state index contributed by atoms with van der Waals surface area (Å²) in [4.78, 5) is 0. The molecule has 0 aliphatic carbocycles. The fourth-order valence-electron chi connectivity index (χ4n) is 3.08. The van der Waals surface area contributed by atoms with Crippen LogP contribution in [0.3, 0.4) is 0 Å². The van der Waals surface area contributed by atoms with Gasteiger partial charge in [0.2, 0.25) is 0 Å². The molecule has 4 heteroatoms. The van der Waals surface area contributed by atoms with Crippen LogP contribution in [-0.2, 0) is 4.74 Å². The van der Waals surface area contributed by atoms with E-state index in [0.717, 1.165) is 24.8 Å². The zero-order chi connectivity index (χ0) is 13.4. The lowest BCUT2D eigenvalue weighted by Gasteiger charge is -2.34. The molecule has 0 aromatic heterocycles. The predicted octanol–water partition coefficient (Wildman–Crippen LogP) is 2.80. The van der Waals surface area contributed by atoms with Crippen molar-refractivity contribution in [2.75, 3.05) is 7.05 Å². The van der Waals surface area contributed by atoms with Crippen LogP contribution in [0.4, 0.5) is 4.39 Å². The number of fused-ring (bicyclic) bond motifs is 1. The third-order valence-corrected chi connectivity index (χ3v) is 4.13. The molecule has 0 amide bonds. The molecule has 0 radical (unpaired) electrons. The average Bonchev–Trinajstić information content (AvgIpc) is 2.83. The van der Waals surface area contributed by atoms with E-state index in [-0.39, 0.29) is 24.1 Å². The van der Waals surface area contributed by atoms with E-state index in [1.807, 2.05) is 7.05 Å². The lowest BCUT2D eigenvalue weighted by molar-refractivity contribution is -0.0297. The molecule has 1 fully saturated rings. The van der Waals surface area contributed by atoms with Gasteiger partial charge in [0.15, 0.2) is 0 Å². The highest BCUT2D eigenvalue weighted by Crippen LogP contribution is 2.38. The van der Waals surface area contributed by atoms with E-state index in [2.05, 4.69) is 12.2 Å². The minimum atomic E-state index is -0.255. The molecule has 104 valence electrons. The Hall–Kier alpha value is -1.13. The summed E-state index contributed by atoms with van der Waals surface area (Å²) >= 11 is 0. The molecule has 19 heavy (non-hydrogen) atoms. The van der Waals surface area contributed by atoms with Crippen LogP contribution < -0.4 is 10.1 Å². The third-order valence-electron chi connectivity index (χ3n) is 4.13. The lowest BCUT2D eigenvalue weighted by atomic mass is 9.93. The van der Waals surface area contributed by atoms with Gasteiger partial charge in [-0.05, 0) is 32.9 Å². The van der Waals surface area contributed by atoms with Gasteiger partial charge >= 0.3 is 0 Å². The third kappa shape index (κ3) is 2.47. The molecule has 4 unspecified atom stereocenters. The molecular weight excluding hydrogens is 245 g/mol. The number of rotatable bonds is 2. The Morgan fingerprint density at radius 2 is 2.11 bits per heavy atom. The van der Waals surface area contributed by atoms with E-state index in [4.69, 9.17) is 9.47 Å². The molecule has 2 aliphatic heterocycles. The summed E-state index contributed by atoms with van der Waals surface area (Å²) in [5, 5.41) is 3.29. The minimum absolute atomic E-state index is 0.0108. The number of hydrogen-bond acceptors (Lipinski definition) is 3. The molecule has 1 aromatic rings. The maximum absolute atomic E-state index is 13.4. The van der Waals surface area contributed by atoms with E-state index < -0.39 is 0 Å². The first-order chi connectivity index (χ1) is 9.17. The van der Waals surface area contributed by atoms with Crippen molar-refractivity contribution in [3.63, 3.8) is 0 Å². The number of nitrogens with one attached hydrogen (secondary N) is 1. The maximum Gasteiger partial charge on any atom is 0.127 e. The number of ether oxygens (including phenoxy) is 2. The molecule has 1 aromatic carbocycles. The van der Waals surface area contributed by atoms with Gasteiger partial charge in [-0.2, -0.15) is 0 Å². The normalized spacial score (nSPS) is 33.8. The highest BCUT2D eigenvalue weighted by molar-refractivity contribution is 5.38. The summed E-state index contributed by atoms with van der Waals surface area (Å²) < 4.78 is 25.2. The van der Waals surface area contributed by atoms with E-state index in [0.29, 0.717) is 11.9 Å². The van der Waals surface area contributed by atoms with Gasteiger partial charge in [-0.15, -0.1) is 0 Å². The lowest BCUT2D eigenvalue weighted by Crippen LogP contribution is -2.39. The van der Waals surface area contributed by atoms with E-state index in [1.54, 1.807) is 6.07 Å². The first-order valence-electron chi connectivity index (χ1n) is 6.96. The average molecular weight is 265 g/mol. The van der Waals surface area contributed by atoms with Gasteiger partial charge in [0, 0.05) is 24.1 Å². The van der Waals surface area contributed by atoms with Crippen LogP contribution in [0.2, 0.25) is 0 Å². The van der Waals surface area contributed by atoms with Crippen LogP contribution in [0.25, 0.3) is 0 Å². The number of halogens is 1. The first-order valence-corrected chi connectivity index (χ1v) is 6.96. The largest absolute Gasteiger partial charge is 0.487 e. The van der Waals surface area contributed by atoms with Gasteiger partial charge in [0.25, 0.3) is 0 Å². The second kappa shape index (κ2) is 5.10. The molecule has 2 aliphatic rings. The smallest absolute Gasteiger partial charge is 0.127 e. The minimum Gasteiger partial charge on any atom is -0.487 e. The van der Waals surface area contributed by atoms with Crippen LogP contribution in [0.15, 0.2) is 18.2 Å². The second-order valence-electron chi connectivity index (χ2n) is 5.48. The second-order valence-corrected chi connectivity index (χ2v) is 5.48. The van der Waals surface area contributed by atoms with Crippen LogP contribution >= 0.6 is 0 Å². The molecule has 3 nitrogen and oxygen atoms in total. The fraction of sp³-hybridized carbons (Fsp3) is 0.600. The van der Waals surface area contributed by atoms with Gasteiger partial charge in [0.1, 0.15) is 17.7 Å².